The van der Waals surface area contributed by atoms with Crippen LogP contribution in [0.15, 0.2) is 36.4 Å². The zero-order valence-corrected chi connectivity index (χ0v) is 10.5. The topological polar surface area (TPSA) is 96.9 Å². The highest BCUT2D eigenvalue weighted by atomic mass is 16.6. The minimum Gasteiger partial charge on any atom is -0.866 e. The number of aryl methyl sites for hydroxylation is 1. The number of nitrogens with zero attached hydrogens (tertiary/aromatic N) is 4. The summed E-state index contributed by atoms with van der Waals surface area (Å²) in [5.74, 6) is -0.694. The molecular weight excluding hydrogens is 260 g/mol. The van der Waals surface area contributed by atoms with Crippen LogP contribution >= 0.6 is 0 Å². The van der Waals surface area contributed by atoms with Crippen molar-refractivity contribution in [3.63, 3.8) is 0 Å². The molecule has 1 heterocycles. The molecule has 0 saturated heterocycles. The summed E-state index contributed by atoms with van der Waals surface area (Å²) < 4.78 is 0. The average molecular weight is 269 g/mol. The Bertz CT molecular complexity index is 793. The van der Waals surface area contributed by atoms with Crippen molar-refractivity contribution in [1.82, 2.24) is 15.0 Å². The van der Waals surface area contributed by atoms with Gasteiger partial charge in [0, 0.05) is 11.8 Å². The largest absolute Gasteiger partial charge is 0.866 e. The molecule has 0 fully saturated rings. The zero-order chi connectivity index (χ0) is 14.3. The number of aromatic nitrogens is 3. The van der Waals surface area contributed by atoms with E-state index in [1.807, 2.05) is 0 Å². The van der Waals surface area contributed by atoms with Crippen molar-refractivity contribution in [2.24, 2.45) is 0 Å². The number of nitro benzene ring substituents is 1. The van der Waals surface area contributed by atoms with E-state index in [9.17, 15) is 15.2 Å². The summed E-state index contributed by atoms with van der Waals surface area (Å²) in [4.78, 5) is 11.3. The van der Waals surface area contributed by atoms with Gasteiger partial charge in [-0.2, -0.15) is 4.80 Å². The first-order valence-corrected chi connectivity index (χ1v) is 5.85. The second-order valence-electron chi connectivity index (χ2n) is 4.37. The highest BCUT2D eigenvalue weighted by Crippen LogP contribution is 2.31. The van der Waals surface area contributed by atoms with Crippen LogP contribution in [0.1, 0.15) is 5.56 Å². The van der Waals surface area contributed by atoms with Gasteiger partial charge in [0.1, 0.15) is 11.0 Å². The lowest BCUT2D eigenvalue weighted by Gasteiger charge is -2.13. The van der Waals surface area contributed by atoms with E-state index >= 15 is 0 Å². The number of fused-ring (bicyclic) bond motifs is 1. The fourth-order valence-corrected chi connectivity index (χ4v) is 1.99. The lowest BCUT2D eigenvalue weighted by Crippen LogP contribution is -2.07. The van der Waals surface area contributed by atoms with Gasteiger partial charge in [-0.15, -0.1) is 10.2 Å². The summed E-state index contributed by atoms with van der Waals surface area (Å²) in [6.45, 7) is 1.68. The van der Waals surface area contributed by atoms with E-state index in [1.54, 1.807) is 31.2 Å². The smallest absolute Gasteiger partial charge is 0.264 e. The summed E-state index contributed by atoms with van der Waals surface area (Å²) in [6, 6.07) is 9.90. The quantitative estimate of drug-likeness (QED) is 0.521. The standard InChI is InChI=1S/C13H10N4O3/c1-8-6-11(13(18)12(7-8)17(19)20)16-14-9-4-2-3-5-10(9)15-16/h2-7,18H,1H3/p-1. The summed E-state index contributed by atoms with van der Waals surface area (Å²) in [6.07, 6.45) is 0. The molecule has 0 spiro atoms. The first-order valence-electron chi connectivity index (χ1n) is 5.85. The SMILES string of the molecule is Cc1cc(-n2nc3ccccc3n2)c([O-])c([N+](=O)[O-])c1. The molecule has 0 aliphatic carbocycles. The molecule has 2 aromatic carbocycles. The summed E-state index contributed by atoms with van der Waals surface area (Å²) in [5, 5.41) is 31.3. The molecule has 100 valence electrons. The number of rotatable bonds is 2. The molecule has 0 N–H and O–H groups in total. The number of hydrogen-bond donors (Lipinski definition) is 0. The van der Waals surface area contributed by atoms with Gasteiger partial charge in [0.15, 0.2) is 0 Å². The van der Waals surface area contributed by atoms with E-state index in [4.69, 9.17) is 0 Å². The Kier molecular flexibility index (Phi) is 2.60. The van der Waals surface area contributed by atoms with Crippen LogP contribution in [0.2, 0.25) is 0 Å². The monoisotopic (exact) mass is 269 g/mol. The first kappa shape index (κ1) is 12.1. The van der Waals surface area contributed by atoms with Crippen molar-refractivity contribution in [3.05, 3.63) is 52.1 Å². The van der Waals surface area contributed by atoms with Gasteiger partial charge >= 0.3 is 0 Å². The molecular formula is C13H9N4O3-. The van der Waals surface area contributed by atoms with E-state index in [0.29, 0.717) is 16.6 Å². The molecule has 0 saturated carbocycles. The second kappa shape index (κ2) is 4.30. The van der Waals surface area contributed by atoms with Crippen molar-refractivity contribution in [3.8, 4) is 11.4 Å². The Hall–Kier alpha value is -2.96. The Morgan fingerprint density at radius 2 is 1.75 bits per heavy atom. The minimum atomic E-state index is -0.694. The van der Waals surface area contributed by atoms with Crippen LogP contribution in [-0.4, -0.2) is 19.9 Å². The predicted molar refractivity (Wildman–Crippen MR) is 69.7 cm³/mol. The van der Waals surface area contributed by atoms with Gasteiger partial charge in [0.25, 0.3) is 5.69 Å². The van der Waals surface area contributed by atoms with Crippen LogP contribution in [0.3, 0.4) is 0 Å². The average Bonchev–Trinajstić information content (AvgIpc) is 2.84. The van der Waals surface area contributed by atoms with Gasteiger partial charge in [-0.25, -0.2) is 0 Å². The van der Waals surface area contributed by atoms with E-state index in [-0.39, 0.29) is 5.69 Å². The van der Waals surface area contributed by atoms with E-state index in [0.717, 1.165) is 4.80 Å². The summed E-state index contributed by atoms with van der Waals surface area (Å²) in [7, 11) is 0. The maximum absolute atomic E-state index is 12.1. The Labute approximate surface area is 113 Å². The number of hydrogen-bond acceptors (Lipinski definition) is 5. The van der Waals surface area contributed by atoms with Gasteiger partial charge in [-0.3, -0.25) is 10.1 Å². The summed E-state index contributed by atoms with van der Waals surface area (Å²) >= 11 is 0. The van der Waals surface area contributed by atoms with Crippen molar-refractivity contribution >= 4 is 16.7 Å². The van der Waals surface area contributed by atoms with Crippen LogP contribution in [0.4, 0.5) is 5.69 Å². The van der Waals surface area contributed by atoms with Gasteiger partial charge in [-0.1, -0.05) is 12.1 Å². The van der Waals surface area contributed by atoms with E-state index in [2.05, 4.69) is 10.2 Å². The van der Waals surface area contributed by atoms with Crippen molar-refractivity contribution in [1.29, 1.82) is 0 Å². The van der Waals surface area contributed by atoms with Crippen LogP contribution in [0.5, 0.6) is 5.75 Å². The lowest BCUT2D eigenvalue weighted by molar-refractivity contribution is -0.398. The molecule has 0 amide bonds. The van der Waals surface area contributed by atoms with E-state index < -0.39 is 16.4 Å². The molecule has 0 aliphatic heterocycles. The molecule has 0 atom stereocenters. The third kappa shape index (κ3) is 1.85. The molecule has 0 aliphatic rings. The van der Waals surface area contributed by atoms with Crippen LogP contribution < -0.4 is 5.11 Å². The predicted octanol–water partition coefficient (Wildman–Crippen LogP) is 1.71. The molecule has 0 bridgehead atoms. The molecule has 0 radical (unpaired) electrons. The zero-order valence-electron chi connectivity index (χ0n) is 10.5. The maximum Gasteiger partial charge on any atom is 0.264 e. The first-order chi connectivity index (χ1) is 9.56. The minimum absolute atomic E-state index is 0.0768. The number of nitro groups is 1. The molecule has 1 aromatic heterocycles. The molecule has 7 heteroatoms. The third-order valence-corrected chi connectivity index (χ3v) is 2.89. The van der Waals surface area contributed by atoms with Crippen molar-refractivity contribution < 1.29 is 10.0 Å². The fraction of sp³-hybridized carbons (Fsp3) is 0.0769. The molecule has 7 nitrogen and oxygen atoms in total. The highest BCUT2D eigenvalue weighted by molar-refractivity contribution is 5.74. The van der Waals surface area contributed by atoms with Crippen LogP contribution in [0.25, 0.3) is 16.7 Å². The van der Waals surface area contributed by atoms with Crippen molar-refractivity contribution in [2.45, 2.75) is 6.92 Å². The fourth-order valence-electron chi connectivity index (χ4n) is 1.99. The Morgan fingerprint density at radius 1 is 1.15 bits per heavy atom. The van der Waals surface area contributed by atoms with E-state index in [1.165, 1.54) is 12.1 Å². The molecule has 3 aromatic rings. The van der Waals surface area contributed by atoms with Gasteiger partial charge in [0.2, 0.25) is 0 Å². The normalized spacial score (nSPS) is 10.8. The lowest BCUT2D eigenvalue weighted by atomic mass is 10.2. The van der Waals surface area contributed by atoms with Gasteiger partial charge in [-0.05, 0) is 30.7 Å². The van der Waals surface area contributed by atoms with Gasteiger partial charge < -0.3 is 5.11 Å². The summed E-state index contributed by atoms with van der Waals surface area (Å²) in [5.41, 5.74) is 1.45. The number of benzene rings is 2. The molecule has 0 unspecified atom stereocenters. The maximum atomic E-state index is 12.1. The highest BCUT2D eigenvalue weighted by Gasteiger charge is 2.14. The third-order valence-electron chi connectivity index (χ3n) is 2.89. The van der Waals surface area contributed by atoms with Crippen LogP contribution in [-0.2, 0) is 0 Å². The molecule has 3 rings (SSSR count). The van der Waals surface area contributed by atoms with Gasteiger partial charge in [0.05, 0.1) is 10.6 Å². The second-order valence-corrected chi connectivity index (χ2v) is 4.37. The Morgan fingerprint density at radius 3 is 2.30 bits per heavy atom. The van der Waals surface area contributed by atoms with Crippen molar-refractivity contribution in [2.75, 3.05) is 0 Å². The van der Waals surface area contributed by atoms with Crippen LogP contribution in [0, 0.1) is 17.0 Å². The molecule has 20 heavy (non-hydrogen) atoms. The Balaban J connectivity index is 2.25.